The van der Waals surface area contributed by atoms with E-state index >= 15 is 0 Å². The number of nitrogens with zero attached hydrogens (tertiary/aromatic N) is 4. The zero-order valence-electron chi connectivity index (χ0n) is 33.3. The van der Waals surface area contributed by atoms with Crippen LogP contribution in [0.25, 0.3) is 111 Å². The fraction of sp³-hybridized carbons (Fsp3) is 0.0357. The highest BCUT2D eigenvalue weighted by Gasteiger charge is 2.23. The zero-order valence-corrected chi connectivity index (χ0v) is 33.3. The van der Waals surface area contributed by atoms with E-state index in [2.05, 4.69) is 172 Å². The van der Waals surface area contributed by atoms with Crippen LogP contribution in [0.15, 0.2) is 194 Å². The van der Waals surface area contributed by atoms with E-state index in [4.69, 9.17) is 19.9 Å². The van der Waals surface area contributed by atoms with Gasteiger partial charge in [-0.25, -0.2) is 19.9 Å². The van der Waals surface area contributed by atoms with Gasteiger partial charge >= 0.3 is 0 Å². The van der Waals surface area contributed by atoms with Crippen LogP contribution in [0.2, 0.25) is 0 Å². The summed E-state index contributed by atoms with van der Waals surface area (Å²) in [5.74, 6) is 0.705. The molecule has 0 aliphatic rings. The largest absolute Gasteiger partial charge is 0.247 e. The Hall–Kier alpha value is -7.82. The lowest BCUT2D eigenvalue weighted by Gasteiger charge is -2.21. The normalized spacial score (nSPS) is 11.5. The minimum Gasteiger partial charge on any atom is -0.247 e. The van der Waals surface area contributed by atoms with E-state index in [1.54, 1.807) is 0 Å². The SMILES string of the molecule is Cc1c2c(-c3ccccc3)nc3cc(-c4ccc(-c5cc(-c6ccccc6)nc(-c6ccccc6)n5)cc4)ccc3c2c(C)c2c(-c3ccccc3)nc3ccccc3c12. The summed E-state index contributed by atoms with van der Waals surface area (Å²) >= 11 is 0. The lowest BCUT2D eigenvalue weighted by molar-refractivity contribution is 1.18. The van der Waals surface area contributed by atoms with Gasteiger partial charge in [0, 0.05) is 49.4 Å². The van der Waals surface area contributed by atoms with Gasteiger partial charge in [-0.2, -0.15) is 0 Å². The Balaban J connectivity index is 1.10. The molecule has 11 rings (SSSR count). The molecule has 11 aromatic rings. The number of pyridine rings is 2. The summed E-state index contributed by atoms with van der Waals surface area (Å²) in [7, 11) is 0. The number of aromatic nitrogens is 4. The smallest absolute Gasteiger partial charge is 0.160 e. The van der Waals surface area contributed by atoms with Gasteiger partial charge in [0.1, 0.15) is 0 Å². The Labute approximate surface area is 348 Å². The number of hydrogen-bond donors (Lipinski definition) is 0. The van der Waals surface area contributed by atoms with E-state index in [1.807, 2.05) is 36.4 Å². The Morgan fingerprint density at radius 2 is 0.700 bits per heavy atom. The van der Waals surface area contributed by atoms with Gasteiger partial charge in [0.15, 0.2) is 5.82 Å². The highest BCUT2D eigenvalue weighted by Crippen LogP contribution is 2.46. The monoisotopic (exact) mass is 766 g/mol. The molecule has 8 aromatic carbocycles. The second-order valence-electron chi connectivity index (χ2n) is 15.4. The van der Waals surface area contributed by atoms with Gasteiger partial charge in [0.25, 0.3) is 0 Å². The molecule has 0 N–H and O–H groups in total. The Kier molecular flexibility index (Phi) is 8.56. The molecule has 0 saturated carbocycles. The van der Waals surface area contributed by atoms with Gasteiger partial charge in [-0.3, -0.25) is 0 Å². The highest BCUT2D eigenvalue weighted by atomic mass is 14.9. The van der Waals surface area contributed by atoms with Gasteiger partial charge in [-0.1, -0.05) is 176 Å². The minimum absolute atomic E-state index is 0.705. The molecule has 0 unspecified atom stereocenters. The molecule has 0 saturated heterocycles. The molecule has 3 heterocycles. The van der Waals surface area contributed by atoms with Gasteiger partial charge in [-0.15, -0.1) is 0 Å². The van der Waals surface area contributed by atoms with E-state index in [0.29, 0.717) is 5.82 Å². The third-order valence-corrected chi connectivity index (χ3v) is 11.8. The first kappa shape index (κ1) is 35.4. The van der Waals surface area contributed by atoms with Crippen LogP contribution in [0.4, 0.5) is 0 Å². The van der Waals surface area contributed by atoms with Crippen LogP contribution >= 0.6 is 0 Å². The van der Waals surface area contributed by atoms with E-state index in [-0.39, 0.29) is 0 Å². The molecule has 4 nitrogen and oxygen atoms in total. The highest BCUT2D eigenvalue weighted by molar-refractivity contribution is 6.25. The topological polar surface area (TPSA) is 51.6 Å². The molecule has 0 spiro atoms. The number of benzene rings is 8. The number of aryl methyl sites for hydroxylation is 2. The number of para-hydroxylation sites is 1. The molecule has 4 heteroatoms. The number of hydrogen-bond acceptors (Lipinski definition) is 4. The second kappa shape index (κ2) is 14.5. The van der Waals surface area contributed by atoms with Crippen molar-refractivity contribution >= 4 is 43.4 Å². The maximum atomic E-state index is 5.54. The third-order valence-electron chi connectivity index (χ3n) is 11.8. The summed E-state index contributed by atoms with van der Waals surface area (Å²) in [4.78, 5) is 20.9. The van der Waals surface area contributed by atoms with E-state index < -0.39 is 0 Å². The Morgan fingerprint density at radius 1 is 0.283 bits per heavy atom. The second-order valence-corrected chi connectivity index (χ2v) is 15.4. The van der Waals surface area contributed by atoms with Crippen molar-refractivity contribution in [1.82, 2.24) is 19.9 Å². The average Bonchev–Trinajstić information content (AvgIpc) is 3.33. The molecular formula is C56H38N4. The van der Waals surface area contributed by atoms with Crippen molar-refractivity contribution in [2.75, 3.05) is 0 Å². The van der Waals surface area contributed by atoms with Crippen LogP contribution < -0.4 is 0 Å². The summed E-state index contributed by atoms with van der Waals surface area (Å²) in [6, 6.07) is 67.8. The molecule has 3 aromatic heterocycles. The van der Waals surface area contributed by atoms with Crippen LogP contribution in [-0.4, -0.2) is 19.9 Å². The molecule has 0 aliphatic carbocycles. The molecular weight excluding hydrogens is 729 g/mol. The van der Waals surface area contributed by atoms with Crippen LogP contribution in [0, 0.1) is 13.8 Å². The fourth-order valence-electron chi connectivity index (χ4n) is 8.93. The van der Waals surface area contributed by atoms with Gasteiger partial charge in [0.05, 0.1) is 33.8 Å². The van der Waals surface area contributed by atoms with Crippen molar-refractivity contribution in [3.8, 4) is 67.5 Å². The van der Waals surface area contributed by atoms with Crippen molar-refractivity contribution in [3.05, 3.63) is 205 Å². The Morgan fingerprint density at radius 3 is 1.27 bits per heavy atom. The van der Waals surface area contributed by atoms with Crippen LogP contribution in [0.3, 0.4) is 0 Å². The van der Waals surface area contributed by atoms with Crippen molar-refractivity contribution < 1.29 is 0 Å². The van der Waals surface area contributed by atoms with Crippen molar-refractivity contribution in [1.29, 1.82) is 0 Å². The van der Waals surface area contributed by atoms with Crippen LogP contribution in [-0.2, 0) is 0 Å². The Bertz CT molecular complexity index is 3340. The first-order chi connectivity index (χ1) is 29.6. The lowest BCUT2D eigenvalue weighted by atomic mass is 9.85. The van der Waals surface area contributed by atoms with Gasteiger partial charge in [0.2, 0.25) is 0 Å². The standard InChI is InChI=1S/C56H38N4/c1-35-50-44-25-15-16-26-46(44)57-54(40-19-9-4-10-20-40)52(50)36(2)51-45-32-31-43(33-49(45)58-55(53(35)51)41-21-11-5-12-22-41)37-27-29-39(30-28-37)48-34-47(38-17-7-3-8-18-38)59-56(60-48)42-23-13-6-14-24-42/h3-34H,1-2H3. The van der Waals surface area contributed by atoms with Crippen molar-refractivity contribution in [2.24, 2.45) is 0 Å². The first-order valence-electron chi connectivity index (χ1n) is 20.4. The number of rotatable bonds is 6. The predicted molar refractivity (Wildman–Crippen MR) is 250 cm³/mol. The van der Waals surface area contributed by atoms with Crippen LogP contribution in [0.1, 0.15) is 11.1 Å². The van der Waals surface area contributed by atoms with Crippen LogP contribution in [0.5, 0.6) is 0 Å². The first-order valence-corrected chi connectivity index (χ1v) is 20.4. The summed E-state index contributed by atoms with van der Waals surface area (Å²) < 4.78 is 0. The maximum absolute atomic E-state index is 5.54. The van der Waals surface area contributed by atoms with E-state index in [9.17, 15) is 0 Å². The van der Waals surface area contributed by atoms with Crippen molar-refractivity contribution in [2.45, 2.75) is 13.8 Å². The zero-order chi connectivity index (χ0) is 40.2. The van der Waals surface area contributed by atoms with Gasteiger partial charge < -0.3 is 0 Å². The summed E-state index contributed by atoms with van der Waals surface area (Å²) in [6.45, 7) is 4.54. The quantitative estimate of drug-likeness (QED) is 0.125. The van der Waals surface area contributed by atoms with E-state index in [0.717, 1.165) is 83.5 Å². The average molecular weight is 767 g/mol. The van der Waals surface area contributed by atoms with E-state index in [1.165, 1.54) is 32.7 Å². The molecule has 0 amide bonds. The lowest BCUT2D eigenvalue weighted by Crippen LogP contribution is -1.99. The molecule has 0 fully saturated rings. The molecule has 282 valence electrons. The summed E-state index contributed by atoms with van der Waals surface area (Å²) in [5, 5.41) is 7.10. The maximum Gasteiger partial charge on any atom is 0.160 e. The molecule has 0 aliphatic heterocycles. The molecule has 0 radical (unpaired) electrons. The summed E-state index contributed by atoms with van der Waals surface area (Å²) in [5.41, 5.74) is 15.6. The predicted octanol–water partition coefficient (Wildman–Crippen LogP) is 14.5. The third kappa shape index (κ3) is 6.00. The minimum atomic E-state index is 0.705. The summed E-state index contributed by atoms with van der Waals surface area (Å²) in [6.07, 6.45) is 0. The fourth-order valence-corrected chi connectivity index (χ4v) is 8.93. The van der Waals surface area contributed by atoms with Gasteiger partial charge in [-0.05, 0) is 65.1 Å². The number of fused-ring (bicyclic) bond motifs is 6. The molecule has 60 heavy (non-hydrogen) atoms. The van der Waals surface area contributed by atoms with Crippen molar-refractivity contribution in [3.63, 3.8) is 0 Å². The molecule has 0 bridgehead atoms. The molecule has 0 atom stereocenters.